The number of hydrogen-bond acceptors (Lipinski definition) is 5. The minimum absolute atomic E-state index is 0.0462. The van der Waals surface area contributed by atoms with Crippen molar-refractivity contribution in [3.8, 4) is 5.75 Å². The number of fused-ring (bicyclic) bond motifs is 2. The summed E-state index contributed by atoms with van der Waals surface area (Å²) < 4.78 is 32.8. The normalized spacial score (nSPS) is 16.9. The second-order valence-corrected chi connectivity index (χ2v) is 17.2. The second kappa shape index (κ2) is 19.7. The molecular formula is C46H59FN4O6P+. The molecule has 0 aromatic heterocycles. The molecule has 5 rings (SSSR count). The van der Waals surface area contributed by atoms with Gasteiger partial charge in [-0.2, -0.15) is 4.58 Å². The lowest BCUT2D eigenvalue weighted by molar-refractivity contribution is -0.401. The van der Waals surface area contributed by atoms with Crippen LogP contribution in [0, 0.1) is 0 Å². The van der Waals surface area contributed by atoms with Crippen molar-refractivity contribution in [2.45, 2.75) is 96.1 Å². The fraction of sp³-hybridized carbons (Fsp3) is 0.413. The summed E-state index contributed by atoms with van der Waals surface area (Å²) in [7, 11) is -2.77. The SMILES string of the molecule is C[N+]1=C(C=CC=CC=C2N(CCCCCC(=O)NCCCCCCNC(=O)C(F)c3ccccc3OP(=O)(O)O)c3ccccc3C2(C)C)C(C)(C)c2ccccc21. The molecule has 1 unspecified atom stereocenters. The molecule has 2 heterocycles. The van der Waals surface area contributed by atoms with Crippen molar-refractivity contribution < 1.29 is 37.4 Å². The van der Waals surface area contributed by atoms with Gasteiger partial charge < -0.3 is 20.1 Å². The molecule has 2 amide bonds. The number of allylic oxidation sites excluding steroid dienone is 6. The van der Waals surface area contributed by atoms with E-state index < -0.39 is 19.9 Å². The molecule has 0 fully saturated rings. The van der Waals surface area contributed by atoms with Gasteiger partial charge in [-0.15, -0.1) is 0 Å². The van der Waals surface area contributed by atoms with Crippen LogP contribution < -0.4 is 20.1 Å². The monoisotopic (exact) mass is 813 g/mol. The zero-order valence-electron chi connectivity index (χ0n) is 34.4. The van der Waals surface area contributed by atoms with Crippen LogP contribution in [0.1, 0.15) is 102 Å². The van der Waals surface area contributed by atoms with E-state index in [0.717, 1.165) is 45.1 Å². The standard InChI is InChI=1S/C46H58FN4O6P/c1-45(2)35-23-14-16-25-37(35)50(5)40(45)28-10-8-11-29-41-46(3,4)36-24-15-17-26-38(36)51(41)33-21-9-12-30-42(52)48-31-19-6-7-20-32-49-44(53)43(47)34-22-13-18-27-39(34)57-58(54,55)56/h8,10-11,13-18,22-29,43H,6-7,9,12,19-21,30-33H2,1-5H3,(H3-,48,49,52,53,54,55,56)/p+1. The Balaban J connectivity index is 0.995. The molecule has 0 saturated heterocycles. The fourth-order valence-electron chi connectivity index (χ4n) is 8.04. The number of benzene rings is 3. The fourth-order valence-corrected chi connectivity index (χ4v) is 8.46. The van der Waals surface area contributed by atoms with Gasteiger partial charge in [-0.05, 0) is 63.3 Å². The molecule has 0 saturated carbocycles. The number of para-hydroxylation sites is 3. The summed E-state index contributed by atoms with van der Waals surface area (Å²) >= 11 is 0. The number of nitrogens with zero attached hydrogens (tertiary/aromatic N) is 2. The number of halogens is 1. The minimum atomic E-state index is -4.91. The smallest absolute Gasteiger partial charge is 0.404 e. The van der Waals surface area contributed by atoms with Gasteiger partial charge in [0.2, 0.25) is 17.8 Å². The summed E-state index contributed by atoms with van der Waals surface area (Å²) in [4.78, 5) is 45.4. The lowest BCUT2D eigenvalue weighted by atomic mass is 9.81. The van der Waals surface area contributed by atoms with Crippen molar-refractivity contribution >= 4 is 36.7 Å². The molecule has 1 atom stereocenters. The Morgan fingerprint density at radius 3 is 2.17 bits per heavy atom. The van der Waals surface area contributed by atoms with Crippen LogP contribution in [0.5, 0.6) is 5.75 Å². The van der Waals surface area contributed by atoms with E-state index in [2.05, 4.69) is 138 Å². The molecule has 310 valence electrons. The molecule has 0 aliphatic carbocycles. The van der Waals surface area contributed by atoms with Crippen LogP contribution in [0.25, 0.3) is 0 Å². The molecule has 4 N–H and O–H groups in total. The number of nitrogens with one attached hydrogen (secondary N) is 2. The Morgan fingerprint density at radius 2 is 1.45 bits per heavy atom. The van der Waals surface area contributed by atoms with Crippen LogP contribution in [-0.4, -0.2) is 58.6 Å². The van der Waals surface area contributed by atoms with Crippen LogP contribution in [0.3, 0.4) is 0 Å². The highest BCUT2D eigenvalue weighted by Gasteiger charge is 2.42. The quantitative estimate of drug-likeness (QED) is 0.0388. The average molecular weight is 814 g/mol. The van der Waals surface area contributed by atoms with Gasteiger partial charge in [0, 0.05) is 66.1 Å². The van der Waals surface area contributed by atoms with Crippen molar-refractivity contribution in [3.05, 3.63) is 126 Å². The van der Waals surface area contributed by atoms with Gasteiger partial charge in [0.15, 0.2) is 5.71 Å². The molecule has 3 aromatic carbocycles. The number of rotatable bonds is 20. The molecule has 58 heavy (non-hydrogen) atoms. The maximum atomic E-state index is 14.8. The van der Waals surface area contributed by atoms with E-state index in [-0.39, 0.29) is 34.6 Å². The highest BCUT2D eigenvalue weighted by atomic mass is 31.2. The van der Waals surface area contributed by atoms with Gasteiger partial charge in [-0.1, -0.05) is 106 Å². The minimum Gasteiger partial charge on any atom is -0.404 e. The summed E-state index contributed by atoms with van der Waals surface area (Å²) in [5, 5.41) is 5.53. The van der Waals surface area contributed by atoms with E-state index in [1.54, 1.807) is 0 Å². The van der Waals surface area contributed by atoms with Crippen molar-refractivity contribution in [2.75, 3.05) is 31.6 Å². The maximum absolute atomic E-state index is 14.8. The molecular weight excluding hydrogens is 754 g/mol. The molecule has 3 aromatic rings. The van der Waals surface area contributed by atoms with E-state index >= 15 is 0 Å². The number of phosphoric ester groups is 1. The predicted molar refractivity (Wildman–Crippen MR) is 229 cm³/mol. The van der Waals surface area contributed by atoms with Crippen LogP contribution >= 0.6 is 7.82 Å². The third-order valence-electron chi connectivity index (χ3n) is 11.1. The second-order valence-electron chi connectivity index (χ2n) is 16.0. The number of phosphoric acid groups is 1. The van der Waals surface area contributed by atoms with Gasteiger partial charge in [-0.25, -0.2) is 8.96 Å². The Bertz CT molecular complexity index is 2100. The van der Waals surface area contributed by atoms with E-state index in [4.69, 9.17) is 9.79 Å². The van der Waals surface area contributed by atoms with Gasteiger partial charge in [0.25, 0.3) is 5.91 Å². The Morgan fingerprint density at radius 1 is 0.810 bits per heavy atom. The zero-order chi connectivity index (χ0) is 41.9. The Kier molecular flexibility index (Phi) is 15.1. The summed E-state index contributed by atoms with van der Waals surface area (Å²) in [6.45, 7) is 10.8. The van der Waals surface area contributed by atoms with Gasteiger partial charge in [-0.3, -0.25) is 19.4 Å². The van der Waals surface area contributed by atoms with Crippen LogP contribution in [0.2, 0.25) is 0 Å². The highest BCUT2D eigenvalue weighted by Crippen LogP contribution is 2.48. The topological polar surface area (TPSA) is 131 Å². The Hall–Kier alpha value is -4.83. The molecule has 0 bridgehead atoms. The van der Waals surface area contributed by atoms with Crippen molar-refractivity contribution in [2.24, 2.45) is 0 Å². The predicted octanol–water partition coefficient (Wildman–Crippen LogP) is 9.02. The Labute approximate surface area is 342 Å². The van der Waals surface area contributed by atoms with E-state index in [9.17, 15) is 18.5 Å². The lowest BCUT2D eigenvalue weighted by Gasteiger charge is -2.27. The van der Waals surface area contributed by atoms with Gasteiger partial charge in [0.05, 0.1) is 5.41 Å². The largest absolute Gasteiger partial charge is 0.524 e. The maximum Gasteiger partial charge on any atom is 0.524 e. The first-order valence-corrected chi connectivity index (χ1v) is 21.8. The molecule has 2 aliphatic rings. The third-order valence-corrected chi connectivity index (χ3v) is 11.6. The number of unbranched alkanes of at least 4 members (excludes halogenated alkanes) is 5. The molecule has 0 spiro atoms. The van der Waals surface area contributed by atoms with Crippen molar-refractivity contribution in [1.82, 2.24) is 10.6 Å². The van der Waals surface area contributed by atoms with Crippen LogP contribution in [0.15, 0.2) is 109 Å². The van der Waals surface area contributed by atoms with Crippen molar-refractivity contribution in [1.29, 1.82) is 0 Å². The lowest BCUT2D eigenvalue weighted by Crippen LogP contribution is -2.28. The molecule has 0 radical (unpaired) electrons. The van der Waals surface area contributed by atoms with Crippen molar-refractivity contribution in [3.63, 3.8) is 0 Å². The first-order chi connectivity index (χ1) is 27.6. The number of amides is 2. The molecule has 12 heteroatoms. The first-order valence-electron chi connectivity index (χ1n) is 20.3. The van der Waals surface area contributed by atoms with E-state index in [1.807, 2.05) is 0 Å². The average Bonchev–Trinajstić information content (AvgIpc) is 3.52. The number of hydrogen-bond donors (Lipinski definition) is 4. The zero-order valence-corrected chi connectivity index (χ0v) is 35.3. The molecule has 2 aliphatic heterocycles. The van der Waals surface area contributed by atoms with E-state index in [0.29, 0.717) is 19.4 Å². The summed E-state index contributed by atoms with van der Waals surface area (Å²) in [5.41, 5.74) is 7.24. The summed E-state index contributed by atoms with van der Waals surface area (Å²) in [5.74, 6) is -1.24. The first kappa shape index (κ1) is 44.3. The number of alkyl halides is 1. The van der Waals surface area contributed by atoms with Crippen LogP contribution in [0.4, 0.5) is 15.8 Å². The number of anilines is 1. The van der Waals surface area contributed by atoms with Gasteiger partial charge >= 0.3 is 7.82 Å². The van der Waals surface area contributed by atoms with E-state index in [1.165, 1.54) is 58.2 Å². The molecule has 10 nitrogen and oxygen atoms in total. The number of carbonyl (C=O) groups excluding carboxylic acids is 2. The summed E-state index contributed by atoms with van der Waals surface area (Å²) in [6, 6.07) is 22.6. The summed E-state index contributed by atoms with van der Waals surface area (Å²) in [6.07, 6.45) is 15.0. The van der Waals surface area contributed by atoms with Gasteiger partial charge in [0.1, 0.15) is 12.8 Å². The number of carbonyl (C=O) groups is 2. The third kappa shape index (κ3) is 11.0. The highest BCUT2D eigenvalue weighted by molar-refractivity contribution is 7.46. The van der Waals surface area contributed by atoms with Crippen LogP contribution in [-0.2, 0) is 25.0 Å².